The van der Waals surface area contributed by atoms with Crippen molar-refractivity contribution in [1.82, 2.24) is 5.32 Å². The van der Waals surface area contributed by atoms with Gasteiger partial charge in [0.2, 0.25) is 0 Å². The average molecular weight is 340 g/mol. The minimum atomic E-state index is 0.416. The molecule has 0 aromatic heterocycles. The summed E-state index contributed by atoms with van der Waals surface area (Å²) in [5, 5.41) is 3.80. The molecule has 1 aliphatic heterocycles. The zero-order chi connectivity index (χ0) is 14.5. The van der Waals surface area contributed by atoms with E-state index < -0.39 is 0 Å². The Bertz CT molecular complexity index is 435. The van der Waals surface area contributed by atoms with Gasteiger partial charge in [0.1, 0.15) is 5.75 Å². The number of hydrogen-bond acceptors (Lipinski definition) is 2. The predicted molar refractivity (Wildman–Crippen MR) is 88.3 cm³/mol. The van der Waals surface area contributed by atoms with E-state index in [-0.39, 0.29) is 0 Å². The summed E-state index contributed by atoms with van der Waals surface area (Å²) >= 11 is 3.53. The predicted octanol–water partition coefficient (Wildman–Crippen LogP) is 5.08. The third-order valence-corrected chi connectivity index (χ3v) is 4.68. The first-order valence-electron chi connectivity index (χ1n) is 7.78. The molecule has 0 amide bonds. The van der Waals surface area contributed by atoms with Crippen molar-refractivity contribution in [3.8, 4) is 5.75 Å². The number of rotatable bonds is 5. The zero-order valence-corrected chi connectivity index (χ0v) is 14.4. The van der Waals surface area contributed by atoms with Gasteiger partial charge in [0.15, 0.2) is 0 Å². The van der Waals surface area contributed by atoms with Crippen molar-refractivity contribution in [3.63, 3.8) is 0 Å². The zero-order valence-electron chi connectivity index (χ0n) is 12.8. The molecule has 2 nitrogen and oxygen atoms in total. The molecule has 0 saturated heterocycles. The summed E-state index contributed by atoms with van der Waals surface area (Å²) in [7, 11) is 0. The van der Waals surface area contributed by atoms with Gasteiger partial charge in [-0.2, -0.15) is 0 Å². The van der Waals surface area contributed by atoms with Gasteiger partial charge in [0.25, 0.3) is 0 Å². The second kappa shape index (κ2) is 7.46. The fourth-order valence-electron chi connectivity index (χ4n) is 2.90. The standard InChI is InChI=1S/C17H26BrNO/c1-4-12(2)10-13(3)19-16-6-5-9-20-17-11-14(18)7-8-15(16)17/h7-8,11-13,16,19H,4-6,9-10H2,1-3H3. The molecule has 1 aromatic rings. The van der Waals surface area contributed by atoms with E-state index in [1.54, 1.807) is 0 Å². The van der Waals surface area contributed by atoms with Crippen LogP contribution in [0.3, 0.4) is 0 Å². The molecule has 0 bridgehead atoms. The molecule has 0 aliphatic carbocycles. The van der Waals surface area contributed by atoms with Gasteiger partial charge in [-0.1, -0.05) is 42.3 Å². The van der Waals surface area contributed by atoms with Crippen LogP contribution >= 0.6 is 15.9 Å². The topological polar surface area (TPSA) is 21.3 Å². The van der Waals surface area contributed by atoms with Crippen LogP contribution in [0.1, 0.15) is 58.1 Å². The maximum atomic E-state index is 5.87. The lowest BCUT2D eigenvalue weighted by Crippen LogP contribution is -2.31. The highest BCUT2D eigenvalue weighted by molar-refractivity contribution is 9.10. The number of fused-ring (bicyclic) bond motifs is 1. The second-order valence-corrected chi connectivity index (χ2v) is 6.96. The molecule has 3 atom stereocenters. The Labute approximate surface area is 131 Å². The fraction of sp³-hybridized carbons (Fsp3) is 0.647. The normalized spacial score (nSPS) is 21.5. The van der Waals surface area contributed by atoms with E-state index in [1.807, 2.05) is 0 Å². The minimum Gasteiger partial charge on any atom is -0.493 e. The SMILES string of the molecule is CCC(C)CC(C)NC1CCCOc2cc(Br)ccc21. The van der Waals surface area contributed by atoms with Gasteiger partial charge in [0, 0.05) is 22.1 Å². The summed E-state index contributed by atoms with van der Waals surface area (Å²) in [5.41, 5.74) is 1.31. The second-order valence-electron chi connectivity index (χ2n) is 6.04. The molecule has 3 unspecified atom stereocenters. The first-order valence-corrected chi connectivity index (χ1v) is 8.57. The summed E-state index contributed by atoms with van der Waals surface area (Å²) in [6, 6.07) is 7.36. The van der Waals surface area contributed by atoms with E-state index in [0.717, 1.165) is 35.6 Å². The Hall–Kier alpha value is -0.540. The van der Waals surface area contributed by atoms with Gasteiger partial charge in [-0.3, -0.25) is 0 Å². The molecule has 0 saturated carbocycles. The van der Waals surface area contributed by atoms with Crippen molar-refractivity contribution in [2.45, 2.75) is 58.5 Å². The fourth-order valence-corrected chi connectivity index (χ4v) is 3.24. The molecular weight excluding hydrogens is 314 g/mol. The van der Waals surface area contributed by atoms with E-state index in [2.05, 4.69) is 60.2 Å². The number of halogens is 1. The maximum absolute atomic E-state index is 5.87. The Morgan fingerprint density at radius 3 is 2.95 bits per heavy atom. The quantitative estimate of drug-likeness (QED) is 0.807. The highest BCUT2D eigenvalue weighted by atomic mass is 79.9. The summed E-state index contributed by atoms with van der Waals surface area (Å²) < 4.78 is 6.96. The summed E-state index contributed by atoms with van der Waals surface area (Å²) in [6.07, 6.45) is 4.75. The van der Waals surface area contributed by atoms with Crippen molar-refractivity contribution in [2.24, 2.45) is 5.92 Å². The van der Waals surface area contributed by atoms with Crippen LogP contribution in [0.2, 0.25) is 0 Å². The van der Waals surface area contributed by atoms with Gasteiger partial charge >= 0.3 is 0 Å². The molecule has 1 N–H and O–H groups in total. The third kappa shape index (κ3) is 4.23. The molecule has 20 heavy (non-hydrogen) atoms. The van der Waals surface area contributed by atoms with E-state index in [0.29, 0.717) is 12.1 Å². The van der Waals surface area contributed by atoms with Crippen molar-refractivity contribution in [1.29, 1.82) is 0 Å². The Kier molecular flexibility index (Phi) is 5.91. The van der Waals surface area contributed by atoms with Crippen molar-refractivity contribution >= 4 is 15.9 Å². The summed E-state index contributed by atoms with van der Waals surface area (Å²) in [4.78, 5) is 0. The van der Waals surface area contributed by atoms with E-state index >= 15 is 0 Å². The van der Waals surface area contributed by atoms with Crippen LogP contribution in [0.15, 0.2) is 22.7 Å². The Balaban J connectivity index is 2.08. The van der Waals surface area contributed by atoms with E-state index in [4.69, 9.17) is 4.74 Å². The lowest BCUT2D eigenvalue weighted by atomic mass is 9.97. The van der Waals surface area contributed by atoms with Gasteiger partial charge < -0.3 is 10.1 Å². The van der Waals surface area contributed by atoms with Crippen LogP contribution in [-0.2, 0) is 0 Å². The van der Waals surface area contributed by atoms with Crippen LogP contribution < -0.4 is 10.1 Å². The molecule has 1 aromatic carbocycles. The van der Waals surface area contributed by atoms with Crippen LogP contribution in [0.4, 0.5) is 0 Å². The molecule has 0 fully saturated rings. The monoisotopic (exact) mass is 339 g/mol. The number of benzene rings is 1. The molecule has 1 heterocycles. The van der Waals surface area contributed by atoms with Crippen LogP contribution in [0.5, 0.6) is 5.75 Å². The molecule has 3 heteroatoms. The smallest absolute Gasteiger partial charge is 0.125 e. The van der Waals surface area contributed by atoms with Crippen LogP contribution in [0.25, 0.3) is 0 Å². The number of nitrogens with one attached hydrogen (secondary N) is 1. The number of ether oxygens (including phenoxy) is 1. The first-order chi connectivity index (χ1) is 9.60. The van der Waals surface area contributed by atoms with Crippen molar-refractivity contribution in [3.05, 3.63) is 28.2 Å². The summed E-state index contributed by atoms with van der Waals surface area (Å²) in [5.74, 6) is 1.81. The Morgan fingerprint density at radius 1 is 1.40 bits per heavy atom. The first kappa shape index (κ1) is 15.8. The van der Waals surface area contributed by atoms with Crippen molar-refractivity contribution < 1.29 is 4.74 Å². The third-order valence-electron chi connectivity index (χ3n) is 4.18. The molecule has 0 radical (unpaired) electrons. The largest absolute Gasteiger partial charge is 0.493 e. The molecule has 1 aliphatic rings. The van der Waals surface area contributed by atoms with Gasteiger partial charge in [0.05, 0.1) is 6.61 Å². The lowest BCUT2D eigenvalue weighted by molar-refractivity contribution is 0.312. The van der Waals surface area contributed by atoms with Gasteiger partial charge in [-0.25, -0.2) is 0 Å². The molecule has 0 spiro atoms. The summed E-state index contributed by atoms with van der Waals surface area (Å²) in [6.45, 7) is 7.72. The van der Waals surface area contributed by atoms with Gasteiger partial charge in [-0.15, -0.1) is 0 Å². The lowest BCUT2D eigenvalue weighted by Gasteiger charge is -2.25. The molecule has 2 rings (SSSR count). The van der Waals surface area contributed by atoms with E-state index in [9.17, 15) is 0 Å². The van der Waals surface area contributed by atoms with E-state index in [1.165, 1.54) is 18.4 Å². The van der Waals surface area contributed by atoms with Gasteiger partial charge in [-0.05, 0) is 44.2 Å². The number of hydrogen-bond donors (Lipinski definition) is 1. The van der Waals surface area contributed by atoms with Crippen molar-refractivity contribution in [2.75, 3.05) is 6.61 Å². The highest BCUT2D eigenvalue weighted by Gasteiger charge is 2.21. The minimum absolute atomic E-state index is 0.416. The molecular formula is C17H26BrNO. The van der Waals surface area contributed by atoms with Crippen LogP contribution in [0, 0.1) is 5.92 Å². The van der Waals surface area contributed by atoms with Crippen LogP contribution in [-0.4, -0.2) is 12.6 Å². The maximum Gasteiger partial charge on any atom is 0.125 e. The average Bonchev–Trinajstić information content (AvgIpc) is 2.60. The Morgan fingerprint density at radius 2 is 2.20 bits per heavy atom. The highest BCUT2D eigenvalue weighted by Crippen LogP contribution is 2.34. The molecule has 112 valence electrons.